The van der Waals surface area contributed by atoms with Crippen LogP contribution in [0.1, 0.15) is 10.4 Å². The molecule has 10 heavy (non-hydrogen) atoms. The SMILES string of the molecule is [N-]=[N+]=CC(=O)c1ccsc1. The molecule has 0 saturated carbocycles. The lowest BCUT2D eigenvalue weighted by Crippen LogP contribution is -1.97. The molecule has 1 rings (SSSR count). The lowest BCUT2D eigenvalue weighted by Gasteiger charge is -1.76. The Hall–Kier alpha value is -1.25. The average molecular weight is 152 g/mol. The molecule has 0 aromatic carbocycles. The molecule has 0 atom stereocenters. The molecule has 0 aliphatic carbocycles. The molecule has 3 nitrogen and oxygen atoms in total. The quantitative estimate of drug-likeness (QED) is 0.272. The summed E-state index contributed by atoms with van der Waals surface area (Å²) in [6.45, 7) is 0. The summed E-state index contributed by atoms with van der Waals surface area (Å²) in [5, 5.41) is 3.49. The van der Waals surface area contributed by atoms with Crippen LogP contribution in [0.4, 0.5) is 0 Å². The van der Waals surface area contributed by atoms with Gasteiger partial charge in [-0.3, -0.25) is 4.79 Å². The van der Waals surface area contributed by atoms with E-state index in [0.717, 1.165) is 6.21 Å². The molecule has 1 heterocycles. The molecule has 0 amide bonds. The third kappa shape index (κ3) is 1.37. The second kappa shape index (κ2) is 3.06. The predicted octanol–water partition coefficient (Wildman–Crippen LogP) is 1.23. The van der Waals surface area contributed by atoms with Gasteiger partial charge < -0.3 is 5.53 Å². The summed E-state index contributed by atoms with van der Waals surface area (Å²) in [5.41, 5.74) is 8.55. The molecular formula is C6H4N2OS. The number of hydrogen-bond acceptors (Lipinski definition) is 2. The summed E-state index contributed by atoms with van der Waals surface area (Å²) in [7, 11) is 0. The van der Waals surface area contributed by atoms with Gasteiger partial charge in [-0.05, 0) is 11.4 Å². The number of nitrogens with zero attached hydrogens (tertiary/aromatic N) is 2. The third-order valence-corrected chi connectivity index (χ3v) is 1.66. The summed E-state index contributed by atoms with van der Waals surface area (Å²) in [4.78, 5) is 13.4. The van der Waals surface area contributed by atoms with E-state index in [0.29, 0.717) is 5.56 Å². The Morgan fingerprint density at radius 3 is 3.10 bits per heavy atom. The van der Waals surface area contributed by atoms with Crippen molar-refractivity contribution >= 4 is 23.3 Å². The Balaban J connectivity index is 2.87. The number of carbonyl (C=O) groups excluding carboxylic acids is 1. The fraction of sp³-hybridized carbons (Fsp3) is 0. The van der Waals surface area contributed by atoms with Crippen LogP contribution in [-0.2, 0) is 0 Å². The normalized spacial score (nSPS) is 8.40. The Labute approximate surface area is 61.5 Å². The van der Waals surface area contributed by atoms with Gasteiger partial charge >= 0.3 is 6.21 Å². The molecule has 4 heteroatoms. The van der Waals surface area contributed by atoms with Crippen molar-refractivity contribution < 1.29 is 9.58 Å². The minimum absolute atomic E-state index is 0.274. The number of ketones is 1. The van der Waals surface area contributed by atoms with Crippen molar-refractivity contribution in [2.24, 2.45) is 0 Å². The molecule has 0 fully saturated rings. The topological polar surface area (TPSA) is 53.5 Å². The second-order valence-corrected chi connectivity index (χ2v) is 2.40. The van der Waals surface area contributed by atoms with Gasteiger partial charge in [-0.15, -0.1) is 0 Å². The zero-order chi connectivity index (χ0) is 7.40. The predicted molar refractivity (Wildman–Crippen MR) is 38.3 cm³/mol. The Bertz CT molecular complexity index is 272. The maximum Gasteiger partial charge on any atom is 0.328 e. The van der Waals surface area contributed by atoms with E-state index in [-0.39, 0.29) is 5.78 Å². The lowest BCUT2D eigenvalue weighted by molar-refractivity contribution is 0.00235. The number of rotatable bonds is 2. The van der Waals surface area contributed by atoms with Gasteiger partial charge in [0.15, 0.2) is 0 Å². The summed E-state index contributed by atoms with van der Waals surface area (Å²) in [6, 6.07) is 1.68. The maximum absolute atomic E-state index is 10.8. The standard InChI is InChI=1S/C6H4N2OS/c7-8-3-6(9)5-1-2-10-4-5/h1-4H. The number of thiophene rings is 1. The largest absolute Gasteiger partial charge is 0.361 e. The van der Waals surface area contributed by atoms with E-state index < -0.39 is 0 Å². The van der Waals surface area contributed by atoms with Crippen LogP contribution >= 0.6 is 11.3 Å². The van der Waals surface area contributed by atoms with Crippen LogP contribution < -0.4 is 0 Å². The van der Waals surface area contributed by atoms with Crippen molar-refractivity contribution in [3.63, 3.8) is 0 Å². The van der Waals surface area contributed by atoms with E-state index in [2.05, 4.69) is 4.79 Å². The van der Waals surface area contributed by atoms with Crippen LogP contribution in [0.25, 0.3) is 5.53 Å². The van der Waals surface area contributed by atoms with Crippen LogP contribution in [0.5, 0.6) is 0 Å². The van der Waals surface area contributed by atoms with E-state index in [4.69, 9.17) is 5.53 Å². The molecule has 50 valence electrons. The van der Waals surface area contributed by atoms with Crippen LogP contribution in [0.2, 0.25) is 0 Å². The van der Waals surface area contributed by atoms with Gasteiger partial charge in [0, 0.05) is 10.9 Å². The summed E-state index contributed by atoms with van der Waals surface area (Å²) in [6.07, 6.45) is 0.877. The van der Waals surface area contributed by atoms with Gasteiger partial charge in [0.05, 0.1) is 0 Å². The summed E-state index contributed by atoms with van der Waals surface area (Å²) in [5.74, 6) is -0.274. The first-order valence-electron chi connectivity index (χ1n) is 2.58. The van der Waals surface area contributed by atoms with E-state index in [9.17, 15) is 4.79 Å². The fourth-order valence-electron chi connectivity index (χ4n) is 0.532. The van der Waals surface area contributed by atoms with Gasteiger partial charge in [0.25, 0.3) is 5.78 Å². The first kappa shape index (κ1) is 6.86. The van der Waals surface area contributed by atoms with E-state index in [1.54, 1.807) is 16.8 Å². The molecule has 0 aliphatic heterocycles. The highest BCUT2D eigenvalue weighted by Crippen LogP contribution is 2.04. The van der Waals surface area contributed by atoms with Crippen LogP contribution in [0.15, 0.2) is 16.8 Å². The molecule has 1 aromatic heterocycles. The Kier molecular flexibility index (Phi) is 2.10. The lowest BCUT2D eigenvalue weighted by atomic mass is 10.2. The van der Waals surface area contributed by atoms with Crippen molar-refractivity contribution in [3.8, 4) is 0 Å². The van der Waals surface area contributed by atoms with Crippen LogP contribution in [0.3, 0.4) is 0 Å². The number of Topliss-reactive ketones (excluding diaryl/α,β-unsaturated/α-hetero) is 1. The van der Waals surface area contributed by atoms with Gasteiger partial charge in [-0.2, -0.15) is 16.1 Å². The van der Waals surface area contributed by atoms with E-state index in [1.165, 1.54) is 11.3 Å². The first-order chi connectivity index (χ1) is 4.84. The Morgan fingerprint density at radius 1 is 1.80 bits per heavy atom. The zero-order valence-corrected chi connectivity index (χ0v) is 5.84. The van der Waals surface area contributed by atoms with Crippen molar-refractivity contribution in [2.75, 3.05) is 0 Å². The highest BCUT2D eigenvalue weighted by atomic mass is 32.1. The number of carbonyl (C=O) groups is 1. The van der Waals surface area contributed by atoms with E-state index in [1.807, 2.05) is 0 Å². The third-order valence-electron chi connectivity index (χ3n) is 0.981. The zero-order valence-electron chi connectivity index (χ0n) is 5.02. The van der Waals surface area contributed by atoms with Crippen molar-refractivity contribution in [1.82, 2.24) is 0 Å². The van der Waals surface area contributed by atoms with Gasteiger partial charge in [0.2, 0.25) is 0 Å². The maximum atomic E-state index is 10.8. The summed E-state index contributed by atoms with van der Waals surface area (Å²) >= 11 is 1.43. The highest BCUT2D eigenvalue weighted by molar-refractivity contribution is 7.08. The molecular weight excluding hydrogens is 148 g/mol. The van der Waals surface area contributed by atoms with Gasteiger partial charge in [-0.1, -0.05) is 0 Å². The highest BCUT2D eigenvalue weighted by Gasteiger charge is 2.05. The molecule has 0 unspecified atom stereocenters. The van der Waals surface area contributed by atoms with Crippen molar-refractivity contribution in [3.05, 3.63) is 27.9 Å². The summed E-state index contributed by atoms with van der Waals surface area (Å²) < 4.78 is 0. The first-order valence-corrected chi connectivity index (χ1v) is 3.53. The molecule has 0 N–H and O–H groups in total. The molecule has 1 aromatic rings. The van der Waals surface area contributed by atoms with Crippen LogP contribution in [-0.4, -0.2) is 16.8 Å². The van der Waals surface area contributed by atoms with Crippen molar-refractivity contribution in [2.45, 2.75) is 0 Å². The minimum atomic E-state index is -0.274. The van der Waals surface area contributed by atoms with Crippen molar-refractivity contribution in [1.29, 1.82) is 0 Å². The van der Waals surface area contributed by atoms with Crippen LogP contribution in [0, 0.1) is 0 Å². The number of hydrogen-bond donors (Lipinski definition) is 0. The molecule has 0 aliphatic rings. The second-order valence-electron chi connectivity index (χ2n) is 1.62. The van der Waals surface area contributed by atoms with Gasteiger partial charge in [-0.25, -0.2) is 0 Å². The van der Waals surface area contributed by atoms with E-state index >= 15 is 0 Å². The average Bonchev–Trinajstić information content (AvgIpc) is 2.38. The molecule has 0 saturated heterocycles. The molecule has 0 radical (unpaired) electrons. The monoisotopic (exact) mass is 152 g/mol. The smallest absolute Gasteiger partial charge is 0.328 e. The fourth-order valence-corrected chi connectivity index (χ4v) is 1.18. The molecule has 0 bridgehead atoms. The molecule has 0 spiro atoms. The minimum Gasteiger partial charge on any atom is -0.361 e. The Morgan fingerprint density at radius 2 is 2.60 bits per heavy atom. The van der Waals surface area contributed by atoms with Gasteiger partial charge in [0.1, 0.15) is 0 Å².